The van der Waals surface area contributed by atoms with Gasteiger partial charge in [0.15, 0.2) is 0 Å². The van der Waals surface area contributed by atoms with Crippen LogP contribution in [0, 0.1) is 5.82 Å². The van der Waals surface area contributed by atoms with Gasteiger partial charge >= 0.3 is 0 Å². The second-order valence-corrected chi connectivity index (χ2v) is 5.33. The van der Waals surface area contributed by atoms with E-state index in [0.29, 0.717) is 13.2 Å². The van der Waals surface area contributed by atoms with E-state index in [1.54, 1.807) is 12.1 Å². The minimum atomic E-state index is -0.933. The Morgan fingerprint density at radius 3 is 3.11 bits per heavy atom. The predicted octanol–water partition coefficient (Wildman–Crippen LogP) is 2.34. The van der Waals surface area contributed by atoms with E-state index in [4.69, 9.17) is 4.74 Å². The zero-order valence-electron chi connectivity index (χ0n) is 10.3. The molecule has 0 saturated carbocycles. The Labute approximate surface area is 115 Å². The lowest BCUT2D eigenvalue weighted by molar-refractivity contribution is -0.0897. The summed E-state index contributed by atoms with van der Waals surface area (Å²) in [4.78, 5) is 2.19. The van der Waals surface area contributed by atoms with Gasteiger partial charge in [-0.25, -0.2) is 4.39 Å². The van der Waals surface area contributed by atoms with Gasteiger partial charge < -0.3 is 9.84 Å². The molecule has 2 unspecified atom stereocenters. The van der Waals surface area contributed by atoms with Gasteiger partial charge in [-0.3, -0.25) is 4.90 Å². The van der Waals surface area contributed by atoms with E-state index >= 15 is 0 Å². The predicted molar refractivity (Wildman–Crippen MR) is 70.9 cm³/mol. The highest BCUT2D eigenvalue weighted by molar-refractivity contribution is 9.10. The van der Waals surface area contributed by atoms with Gasteiger partial charge in [0.2, 0.25) is 0 Å². The van der Waals surface area contributed by atoms with Gasteiger partial charge in [-0.05, 0) is 24.7 Å². The fraction of sp³-hybridized carbons (Fsp3) is 0.538. The van der Waals surface area contributed by atoms with Gasteiger partial charge in [-0.2, -0.15) is 0 Å². The Balaban J connectivity index is 2.14. The van der Waals surface area contributed by atoms with Crippen LogP contribution in [0.2, 0.25) is 0 Å². The van der Waals surface area contributed by atoms with Crippen molar-refractivity contribution in [3.63, 3.8) is 0 Å². The summed E-state index contributed by atoms with van der Waals surface area (Å²) >= 11 is 3.29. The van der Waals surface area contributed by atoms with Crippen molar-refractivity contribution in [2.75, 3.05) is 26.2 Å². The van der Waals surface area contributed by atoms with Crippen molar-refractivity contribution >= 4 is 15.9 Å². The number of aliphatic hydroxyl groups is 1. The molecule has 1 heterocycles. The molecule has 0 amide bonds. The molecule has 1 aromatic rings. The van der Waals surface area contributed by atoms with Crippen LogP contribution in [-0.2, 0) is 4.74 Å². The SMILES string of the molecule is CCN1CCOC(C(O)c2cc(Br)ccc2F)C1. The molecule has 1 aliphatic heterocycles. The van der Waals surface area contributed by atoms with Crippen LogP contribution in [0.1, 0.15) is 18.6 Å². The van der Waals surface area contributed by atoms with E-state index in [0.717, 1.165) is 17.6 Å². The van der Waals surface area contributed by atoms with Crippen molar-refractivity contribution in [3.05, 3.63) is 34.1 Å². The minimum absolute atomic E-state index is 0.285. The Kier molecular flexibility index (Phi) is 4.72. The molecule has 2 rings (SSSR count). The number of nitrogens with zero attached hydrogens (tertiary/aromatic N) is 1. The number of hydrogen-bond acceptors (Lipinski definition) is 3. The van der Waals surface area contributed by atoms with Crippen LogP contribution in [0.4, 0.5) is 4.39 Å². The van der Waals surface area contributed by atoms with E-state index in [9.17, 15) is 9.50 Å². The summed E-state index contributed by atoms with van der Waals surface area (Å²) in [6.07, 6.45) is -1.31. The molecule has 1 aromatic carbocycles. The van der Waals surface area contributed by atoms with Gasteiger partial charge in [0.05, 0.1) is 6.61 Å². The lowest BCUT2D eigenvalue weighted by Gasteiger charge is -2.34. The number of rotatable bonds is 3. The van der Waals surface area contributed by atoms with Gasteiger partial charge in [0, 0.05) is 23.1 Å². The maximum absolute atomic E-state index is 13.7. The van der Waals surface area contributed by atoms with Gasteiger partial charge in [-0.1, -0.05) is 22.9 Å². The quantitative estimate of drug-likeness (QED) is 0.929. The van der Waals surface area contributed by atoms with Crippen molar-refractivity contribution < 1.29 is 14.2 Å². The van der Waals surface area contributed by atoms with Crippen LogP contribution in [0.15, 0.2) is 22.7 Å². The number of halogens is 2. The summed E-state index contributed by atoms with van der Waals surface area (Å²) in [5.74, 6) is -0.400. The molecule has 1 N–H and O–H groups in total. The highest BCUT2D eigenvalue weighted by Gasteiger charge is 2.29. The zero-order chi connectivity index (χ0) is 13.1. The Morgan fingerprint density at radius 1 is 1.61 bits per heavy atom. The van der Waals surface area contributed by atoms with Crippen LogP contribution in [0.3, 0.4) is 0 Å². The number of aliphatic hydroxyl groups excluding tert-OH is 1. The number of benzene rings is 1. The monoisotopic (exact) mass is 317 g/mol. The van der Waals surface area contributed by atoms with Crippen LogP contribution in [0.5, 0.6) is 0 Å². The van der Waals surface area contributed by atoms with Crippen molar-refractivity contribution in [3.8, 4) is 0 Å². The molecule has 0 bridgehead atoms. The molecule has 3 nitrogen and oxygen atoms in total. The summed E-state index contributed by atoms with van der Waals surface area (Å²) in [5.41, 5.74) is 0.285. The molecule has 0 radical (unpaired) electrons. The molecular weight excluding hydrogens is 301 g/mol. The number of ether oxygens (including phenoxy) is 1. The van der Waals surface area contributed by atoms with E-state index in [-0.39, 0.29) is 11.7 Å². The van der Waals surface area contributed by atoms with Crippen LogP contribution < -0.4 is 0 Å². The Bertz CT molecular complexity index is 416. The molecule has 18 heavy (non-hydrogen) atoms. The molecule has 1 fully saturated rings. The molecular formula is C13H17BrFNO2. The second-order valence-electron chi connectivity index (χ2n) is 4.41. The minimum Gasteiger partial charge on any atom is -0.386 e. The molecule has 0 aromatic heterocycles. The first-order chi connectivity index (χ1) is 8.61. The molecule has 0 spiro atoms. The largest absolute Gasteiger partial charge is 0.386 e. The van der Waals surface area contributed by atoms with Gasteiger partial charge in [-0.15, -0.1) is 0 Å². The van der Waals surface area contributed by atoms with Gasteiger partial charge in [0.25, 0.3) is 0 Å². The summed E-state index contributed by atoms with van der Waals surface area (Å²) in [7, 11) is 0. The average Bonchev–Trinajstić information content (AvgIpc) is 2.41. The first kappa shape index (κ1) is 13.9. The average molecular weight is 318 g/mol. The Hall–Kier alpha value is -0.490. The van der Waals surface area contributed by atoms with Crippen LogP contribution in [-0.4, -0.2) is 42.4 Å². The van der Waals surface area contributed by atoms with Crippen LogP contribution >= 0.6 is 15.9 Å². The zero-order valence-corrected chi connectivity index (χ0v) is 11.9. The van der Waals surface area contributed by atoms with Gasteiger partial charge in [0.1, 0.15) is 18.0 Å². The highest BCUT2D eigenvalue weighted by Crippen LogP contribution is 2.27. The normalized spacial score (nSPS) is 23.0. The Morgan fingerprint density at radius 2 is 2.39 bits per heavy atom. The topological polar surface area (TPSA) is 32.7 Å². The third-order valence-electron chi connectivity index (χ3n) is 3.25. The summed E-state index contributed by atoms with van der Waals surface area (Å²) in [6, 6.07) is 4.57. The maximum Gasteiger partial charge on any atom is 0.129 e. The lowest BCUT2D eigenvalue weighted by Crippen LogP contribution is -2.45. The van der Waals surface area contributed by atoms with E-state index in [2.05, 4.69) is 27.8 Å². The summed E-state index contributed by atoms with van der Waals surface area (Å²) in [5, 5.41) is 10.3. The fourth-order valence-electron chi connectivity index (χ4n) is 2.15. The molecule has 1 aliphatic rings. The van der Waals surface area contributed by atoms with Crippen LogP contribution in [0.25, 0.3) is 0 Å². The van der Waals surface area contributed by atoms with E-state index < -0.39 is 11.9 Å². The standard InChI is InChI=1S/C13H17BrFNO2/c1-2-16-5-6-18-12(8-16)13(17)10-7-9(14)3-4-11(10)15/h3-4,7,12-13,17H,2,5-6,8H2,1H3. The fourth-order valence-corrected chi connectivity index (χ4v) is 2.53. The summed E-state index contributed by atoms with van der Waals surface area (Å²) in [6.45, 7) is 5.04. The molecule has 1 saturated heterocycles. The summed E-state index contributed by atoms with van der Waals surface area (Å²) < 4.78 is 20.0. The third kappa shape index (κ3) is 3.09. The first-order valence-corrected chi connectivity index (χ1v) is 6.88. The molecule has 100 valence electrons. The lowest BCUT2D eigenvalue weighted by atomic mass is 10.0. The van der Waals surface area contributed by atoms with Crippen molar-refractivity contribution in [2.45, 2.75) is 19.1 Å². The maximum atomic E-state index is 13.7. The smallest absolute Gasteiger partial charge is 0.129 e. The molecule has 2 atom stereocenters. The third-order valence-corrected chi connectivity index (χ3v) is 3.75. The van der Waals surface area contributed by atoms with E-state index in [1.165, 1.54) is 6.07 Å². The second kappa shape index (κ2) is 6.10. The number of likely N-dealkylation sites (N-methyl/N-ethyl adjacent to an activating group) is 1. The van der Waals surface area contributed by atoms with Crippen molar-refractivity contribution in [2.24, 2.45) is 0 Å². The van der Waals surface area contributed by atoms with Crippen molar-refractivity contribution in [1.82, 2.24) is 4.90 Å². The number of morpholine rings is 1. The first-order valence-electron chi connectivity index (χ1n) is 6.08. The highest BCUT2D eigenvalue weighted by atomic mass is 79.9. The molecule has 5 heteroatoms. The molecule has 0 aliphatic carbocycles. The van der Waals surface area contributed by atoms with E-state index in [1.807, 2.05) is 0 Å². The number of hydrogen-bond donors (Lipinski definition) is 1. The van der Waals surface area contributed by atoms with Crippen molar-refractivity contribution in [1.29, 1.82) is 0 Å².